The van der Waals surface area contributed by atoms with E-state index in [1.807, 2.05) is 29.2 Å². The average molecular weight is 480 g/mol. The summed E-state index contributed by atoms with van der Waals surface area (Å²) >= 11 is 0. The molecule has 5 nitrogen and oxygen atoms in total. The van der Waals surface area contributed by atoms with Crippen molar-refractivity contribution in [2.75, 3.05) is 44.2 Å². The summed E-state index contributed by atoms with van der Waals surface area (Å²) in [7, 11) is 0. The van der Waals surface area contributed by atoms with Crippen molar-refractivity contribution in [2.24, 2.45) is 5.73 Å². The van der Waals surface area contributed by atoms with Crippen molar-refractivity contribution in [1.82, 2.24) is 10.6 Å². The monoisotopic (exact) mass is 478 g/mol. The SMILES string of the molecule is CC(=O)N(CCCNCCCCNCCCN)c1cccc2ccccc12.Cl.Cl.Cl. The molecule has 0 saturated heterocycles. The number of nitrogens with zero attached hydrogens (tertiary/aromatic N) is 1. The molecule has 0 saturated carbocycles. The van der Waals surface area contributed by atoms with Crippen molar-refractivity contribution in [3.63, 3.8) is 0 Å². The van der Waals surface area contributed by atoms with E-state index in [0.717, 1.165) is 69.6 Å². The number of amides is 1. The smallest absolute Gasteiger partial charge is 0.223 e. The third-order valence-electron chi connectivity index (χ3n) is 4.69. The molecule has 0 atom stereocenters. The summed E-state index contributed by atoms with van der Waals surface area (Å²) in [4.78, 5) is 14.1. The van der Waals surface area contributed by atoms with Gasteiger partial charge in [-0.15, -0.1) is 37.2 Å². The molecule has 2 aromatic rings. The summed E-state index contributed by atoms with van der Waals surface area (Å²) in [5, 5.41) is 9.18. The predicted octanol–water partition coefficient (Wildman–Crippen LogP) is 4.16. The van der Waals surface area contributed by atoms with Gasteiger partial charge in [-0.25, -0.2) is 0 Å². The molecular formula is C22H37Cl3N4O. The summed E-state index contributed by atoms with van der Waals surface area (Å²) < 4.78 is 0. The third kappa shape index (κ3) is 10.8. The molecule has 0 spiro atoms. The highest BCUT2D eigenvalue weighted by molar-refractivity contribution is 6.02. The van der Waals surface area contributed by atoms with Gasteiger partial charge in [0.2, 0.25) is 5.91 Å². The van der Waals surface area contributed by atoms with Crippen LogP contribution >= 0.6 is 37.2 Å². The minimum atomic E-state index is 0. The van der Waals surface area contributed by atoms with E-state index in [-0.39, 0.29) is 43.1 Å². The molecule has 1 amide bonds. The number of carbonyl (C=O) groups is 1. The number of rotatable bonds is 13. The van der Waals surface area contributed by atoms with Crippen molar-refractivity contribution in [3.05, 3.63) is 42.5 Å². The van der Waals surface area contributed by atoms with Gasteiger partial charge in [-0.05, 0) is 69.9 Å². The number of carbonyl (C=O) groups excluding carboxylic acids is 1. The summed E-state index contributed by atoms with van der Waals surface area (Å²) in [5.41, 5.74) is 6.47. The van der Waals surface area contributed by atoms with Crippen LogP contribution in [0.4, 0.5) is 5.69 Å². The quantitative estimate of drug-likeness (QED) is 0.377. The lowest BCUT2D eigenvalue weighted by Crippen LogP contribution is -2.32. The maximum Gasteiger partial charge on any atom is 0.223 e. The van der Waals surface area contributed by atoms with E-state index >= 15 is 0 Å². The molecule has 8 heteroatoms. The highest BCUT2D eigenvalue weighted by Gasteiger charge is 2.13. The molecule has 172 valence electrons. The molecule has 2 aromatic carbocycles. The van der Waals surface area contributed by atoms with Gasteiger partial charge in [0.15, 0.2) is 0 Å². The lowest BCUT2D eigenvalue weighted by Gasteiger charge is -2.23. The minimum absolute atomic E-state index is 0. The van der Waals surface area contributed by atoms with Crippen LogP contribution in [0.2, 0.25) is 0 Å². The number of nitrogens with two attached hydrogens (primary N) is 1. The number of anilines is 1. The van der Waals surface area contributed by atoms with Crippen molar-refractivity contribution in [3.8, 4) is 0 Å². The molecule has 4 N–H and O–H groups in total. The van der Waals surface area contributed by atoms with E-state index in [1.54, 1.807) is 6.92 Å². The van der Waals surface area contributed by atoms with Crippen LogP contribution in [0.25, 0.3) is 10.8 Å². The highest BCUT2D eigenvalue weighted by atomic mass is 35.5. The van der Waals surface area contributed by atoms with E-state index in [9.17, 15) is 4.79 Å². The van der Waals surface area contributed by atoms with Crippen LogP contribution in [0, 0.1) is 0 Å². The summed E-state index contributed by atoms with van der Waals surface area (Å²) in [5.74, 6) is 0.0925. The first-order valence-corrected chi connectivity index (χ1v) is 10.1. The Morgan fingerprint density at radius 3 is 2.03 bits per heavy atom. The second kappa shape index (κ2) is 18.7. The normalized spacial score (nSPS) is 9.93. The topological polar surface area (TPSA) is 70.4 Å². The Kier molecular flexibility index (Phi) is 19.4. The van der Waals surface area contributed by atoms with E-state index in [2.05, 4.69) is 28.8 Å². The first-order chi connectivity index (χ1) is 13.2. The number of hydrogen-bond donors (Lipinski definition) is 3. The molecule has 0 bridgehead atoms. The van der Waals surface area contributed by atoms with Gasteiger partial charge in [0.05, 0.1) is 5.69 Å². The first-order valence-electron chi connectivity index (χ1n) is 10.1. The third-order valence-corrected chi connectivity index (χ3v) is 4.69. The summed E-state index contributed by atoms with van der Waals surface area (Å²) in [6, 6.07) is 14.4. The standard InChI is InChI=1S/C22H34N4O.3ClH/c1-19(27)26(22-12-6-10-20-9-2-3-11-21(20)22)18-8-17-25-15-5-4-14-24-16-7-13-23;;;/h2-3,6,9-12,24-25H,4-5,7-8,13-18,23H2,1H3;3*1H. The molecule has 30 heavy (non-hydrogen) atoms. The van der Waals surface area contributed by atoms with Crippen LogP contribution in [-0.2, 0) is 4.79 Å². The van der Waals surface area contributed by atoms with Gasteiger partial charge in [0.25, 0.3) is 0 Å². The minimum Gasteiger partial charge on any atom is -0.330 e. The molecule has 0 fully saturated rings. The van der Waals surface area contributed by atoms with Gasteiger partial charge < -0.3 is 21.3 Å². The number of benzene rings is 2. The zero-order valence-electron chi connectivity index (χ0n) is 17.8. The molecule has 0 aliphatic heterocycles. The number of halogens is 3. The van der Waals surface area contributed by atoms with E-state index in [1.165, 1.54) is 11.8 Å². The lowest BCUT2D eigenvalue weighted by atomic mass is 10.1. The van der Waals surface area contributed by atoms with E-state index in [4.69, 9.17) is 5.73 Å². The van der Waals surface area contributed by atoms with Crippen molar-refractivity contribution >= 4 is 59.6 Å². The maximum absolute atomic E-state index is 12.2. The van der Waals surface area contributed by atoms with Crippen LogP contribution in [0.3, 0.4) is 0 Å². The maximum atomic E-state index is 12.2. The molecule has 0 radical (unpaired) electrons. The first kappa shape index (κ1) is 31.1. The Balaban J connectivity index is 0. The van der Waals surface area contributed by atoms with E-state index in [0.29, 0.717) is 0 Å². The van der Waals surface area contributed by atoms with Gasteiger partial charge >= 0.3 is 0 Å². The Labute approximate surface area is 199 Å². The predicted molar refractivity (Wildman–Crippen MR) is 137 cm³/mol. The zero-order valence-corrected chi connectivity index (χ0v) is 20.2. The van der Waals surface area contributed by atoms with Crippen LogP contribution < -0.4 is 21.3 Å². The largest absolute Gasteiger partial charge is 0.330 e. The van der Waals surface area contributed by atoms with Crippen molar-refractivity contribution < 1.29 is 4.79 Å². The second-order valence-electron chi connectivity index (χ2n) is 6.87. The highest BCUT2D eigenvalue weighted by Crippen LogP contribution is 2.26. The van der Waals surface area contributed by atoms with Crippen molar-refractivity contribution in [2.45, 2.75) is 32.6 Å². The van der Waals surface area contributed by atoms with Gasteiger partial charge in [0, 0.05) is 18.9 Å². The van der Waals surface area contributed by atoms with Crippen LogP contribution in [0.1, 0.15) is 32.6 Å². The number of nitrogens with one attached hydrogen (secondary N) is 2. The Hall–Kier alpha value is -1.08. The Morgan fingerprint density at radius 1 is 0.833 bits per heavy atom. The molecule has 0 aromatic heterocycles. The molecular weight excluding hydrogens is 443 g/mol. The van der Waals surface area contributed by atoms with Gasteiger partial charge in [-0.3, -0.25) is 4.79 Å². The molecule has 0 heterocycles. The number of hydrogen-bond acceptors (Lipinski definition) is 4. The molecule has 0 aliphatic rings. The summed E-state index contributed by atoms with van der Waals surface area (Å²) in [6.07, 6.45) is 4.32. The second-order valence-corrected chi connectivity index (χ2v) is 6.87. The lowest BCUT2D eigenvalue weighted by molar-refractivity contribution is -0.116. The fourth-order valence-corrected chi connectivity index (χ4v) is 3.23. The van der Waals surface area contributed by atoms with Gasteiger partial charge in [-0.2, -0.15) is 0 Å². The average Bonchev–Trinajstić information content (AvgIpc) is 2.68. The fourth-order valence-electron chi connectivity index (χ4n) is 3.23. The summed E-state index contributed by atoms with van der Waals surface area (Å²) in [6.45, 7) is 7.15. The molecule has 0 aliphatic carbocycles. The van der Waals surface area contributed by atoms with Gasteiger partial charge in [-0.1, -0.05) is 36.4 Å². The van der Waals surface area contributed by atoms with Crippen LogP contribution in [0.5, 0.6) is 0 Å². The number of fused-ring (bicyclic) bond motifs is 1. The van der Waals surface area contributed by atoms with Gasteiger partial charge in [0.1, 0.15) is 0 Å². The van der Waals surface area contributed by atoms with Crippen LogP contribution in [0.15, 0.2) is 42.5 Å². The van der Waals surface area contributed by atoms with Crippen molar-refractivity contribution in [1.29, 1.82) is 0 Å². The Morgan fingerprint density at radius 2 is 1.40 bits per heavy atom. The molecule has 2 rings (SSSR count). The van der Waals surface area contributed by atoms with E-state index < -0.39 is 0 Å². The Bertz CT molecular complexity index is 698. The molecule has 0 unspecified atom stereocenters. The van der Waals surface area contributed by atoms with Crippen LogP contribution in [-0.4, -0.2) is 45.2 Å². The number of unbranched alkanes of at least 4 members (excludes halogenated alkanes) is 1. The fraction of sp³-hybridized carbons (Fsp3) is 0.500. The zero-order chi connectivity index (χ0) is 19.3.